The zero-order valence-corrected chi connectivity index (χ0v) is 10.5. The van der Waals surface area contributed by atoms with E-state index in [4.69, 9.17) is 5.11 Å². The highest BCUT2D eigenvalue weighted by molar-refractivity contribution is 7.91. The van der Waals surface area contributed by atoms with Gasteiger partial charge in [-0.1, -0.05) is 6.92 Å². The molecule has 1 unspecified atom stereocenters. The van der Waals surface area contributed by atoms with Crippen LogP contribution in [-0.4, -0.2) is 55.0 Å². The standard InChI is InChI=1S/C10H19NO4S/c1-3-9(10(12)13)11(2)8-4-6-16(14,15)7-5-8/h8-9H,3-7H2,1-2H3,(H,12,13). The molecule has 1 saturated heterocycles. The summed E-state index contributed by atoms with van der Waals surface area (Å²) in [6, 6.07) is -0.435. The minimum Gasteiger partial charge on any atom is -0.480 e. The number of carboxylic acids is 1. The van der Waals surface area contributed by atoms with Crippen LogP contribution in [0.15, 0.2) is 0 Å². The molecule has 0 aromatic carbocycles. The minimum absolute atomic E-state index is 0.0737. The molecule has 16 heavy (non-hydrogen) atoms. The number of aliphatic carboxylic acids is 1. The van der Waals surface area contributed by atoms with Gasteiger partial charge in [0.1, 0.15) is 15.9 Å². The second-order valence-corrected chi connectivity index (χ2v) is 6.61. The van der Waals surface area contributed by atoms with Crippen LogP contribution in [0.1, 0.15) is 26.2 Å². The SMILES string of the molecule is CCC(C(=O)O)N(C)C1CCS(=O)(=O)CC1. The van der Waals surface area contributed by atoms with Gasteiger partial charge in [-0.05, 0) is 26.3 Å². The molecule has 0 amide bonds. The maximum atomic E-state index is 11.3. The van der Waals surface area contributed by atoms with Crippen LogP contribution in [-0.2, 0) is 14.6 Å². The minimum atomic E-state index is -2.88. The Morgan fingerprint density at radius 3 is 2.31 bits per heavy atom. The lowest BCUT2D eigenvalue weighted by Crippen LogP contribution is -2.47. The van der Waals surface area contributed by atoms with Crippen molar-refractivity contribution >= 4 is 15.8 Å². The Morgan fingerprint density at radius 1 is 1.44 bits per heavy atom. The average Bonchev–Trinajstić information content (AvgIpc) is 2.17. The molecule has 1 N–H and O–H groups in total. The van der Waals surface area contributed by atoms with Crippen LogP contribution in [0.2, 0.25) is 0 Å². The Hall–Kier alpha value is -0.620. The second kappa shape index (κ2) is 5.14. The highest BCUT2D eigenvalue weighted by atomic mass is 32.2. The molecule has 94 valence electrons. The van der Waals surface area contributed by atoms with Crippen molar-refractivity contribution in [1.82, 2.24) is 4.90 Å². The van der Waals surface area contributed by atoms with Crippen LogP contribution in [0, 0.1) is 0 Å². The molecule has 1 aliphatic rings. The van der Waals surface area contributed by atoms with Crippen LogP contribution in [0.5, 0.6) is 0 Å². The summed E-state index contributed by atoms with van der Waals surface area (Å²) in [5.41, 5.74) is 0. The highest BCUT2D eigenvalue weighted by Gasteiger charge is 2.31. The molecule has 0 aliphatic carbocycles. The number of carbonyl (C=O) groups is 1. The molecule has 0 bridgehead atoms. The average molecular weight is 249 g/mol. The lowest BCUT2D eigenvalue weighted by molar-refractivity contribution is -0.143. The molecule has 0 aromatic rings. The predicted molar refractivity (Wildman–Crippen MR) is 61.2 cm³/mol. The molecule has 0 saturated carbocycles. The van der Waals surface area contributed by atoms with Gasteiger partial charge in [0, 0.05) is 6.04 Å². The monoisotopic (exact) mass is 249 g/mol. The first-order valence-corrected chi connectivity index (χ1v) is 7.34. The van der Waals surface area contributed by atoms with Crippen molar-refractivity contribution in [2.45, 2.75) is 38.3 Å². The first kappa shape index (κ1) is 13.4. The van der Waals surface area contributed by atoms with E-state index in [1.54, 1.807) is 11.9 Å². The zero-order chi connectivity index (χ0) is 12.3. The van der Waals surface area contributed by atoms with E-state index >= 15 is 0 Å². The van der Waals surface area contributed by atoms with E-state index < -0.39 is 21.8 Å². The fourth-order valence-electron chi connectivity index (χ4n) is 2.18. The molecule has 0 aromatic heterocycles. The lowest BCUT2D eigenvalue weighted by atomic mass is 10.1. The number of hydrogen-bond acceptors (Lipinski definition) is 4. The molecular formula is C10H19NO4S. The normalized spacial score (nSPS) is 23.2. The number of nitrogens with zero attached hydrogens (tertiary/aromatic N) is 1. The van der Waals surface area contributed by atoms with Crippen molar-refractivity contribution in [1.29, 1.82) is 0 Å². The summed E-state index contributed by atoms with van der Waals surface area (Å²) >= 11 is 0. The first-order valence-electron chi connectivity index (χ1n) is 5.52. The topological polar surface area (TPSA) is 74.7 Å². The third-order valence-electron chi connectivity index (χ3n) is 3.26. The summed E-state index contributed by atoms with van der Waals surface area (Å²) in [6.45, 7) is 1.83. The fraction of sp³-hybridized carbons (Fsp3) is 0.900. The maximum Gasteiger partial charge on any atom is 0.320 e. The van der Waals surface area contributed by atoms with E-state index in [2.05, 4.69) is 0 Å². The van der Waals surface area contributed by atoms with Crippen molar-refractivity contribution < 1.29 is 18.3 Å². The van der Waals surface area contributed by atoms with Gasteiger partial charge in [0.25, 0.3) is 0 Å². The van der Waals surface area contributed by atoms with Crippen molar-refractivity contribution in [3.8, 4) is 0 Å². The Kier molecular flexibility index (Phi) is 4.32. The van der Waals surface area contributed by atoms with E-state index in [0.29, 0.717) is 19.3 Å². The van der Waals surface area contributed by atoms with Gasteiger partial charge in [0.05, 0.1) is 11.5 Å². The van der Waals surface area contributed by atoms with E-state index in [9.17, 15) is 13.2 Å². The smallest absolute Gasteiger partial charge is 0.320 e. The van der Waals surface area contributed by atoms with Gasteiger partial charge < -0.3 is 5.11 Å². The van der Waals surface area contributed by atoms with Gasteiger partial charge >= 0.3 is 5.97 Å². The van der Waals surface area contributed by atoms with Gasteiger partial charge in [-0.25, -0.2) is 8.42 Å². The summed E-state index contributed by atoms with van der Waals surface area (Å²) in [6.07, 6.45) is 1.63. The van der Waals surface area contributed by atoms with Crippen LogP contribution in [0.4, 0.5) is 0 Å². The third-order valence-corrected chi connectivity index (χ3v) is 4.98. The van der Waals surface area contributed by atoms with Crippen LogP contribution in [0.25, 0.3) is 0 Å². The molecule has 0 radical (unpaired) electrons. The van der Waals surface area contributed by atoms with Gasteiger partial charge in [0.2, 0.25) is 0 Å². The second-order valence-electron chi connectivity index (χ2n) is 4.31. The number of hydrogen-bond donors (Lipinski definition) is 1. The van der Waals surface area contributed by atoms with E-state index in [1.165, 1.54) is 0 Å². The van der Waals surface area contributed by atoms with Crippen molar-refractivity contribution in [3.05, 3.63) is 0 Å². The van der Waals surface area contributed by atoms with Gasteiger partial charge in [-0.2, -0.15) is 0 Å². The molecular weight excluding hydrogens is 230 g/mol. The number of sulfone groups is 1. The molecule has 0 spiro atoms. The van der Waals surface area contributed by atoms with E-state index in [-0.39, 0.29) is 17.5 Å². The zero-order valence-electron chi connectivity index (χ0n) is 9.72. The van der Waals surface area contributed by atoms with Gasteiger partial charge in [-0.3, -0.25) is 9.69 Å². The number of likely N-dealkylation sites (N-methyl/N-ethyl adjacent to an activating group) is 1. The van der Waals surface area contributed by atoms with Crippen molar-refractivity contribution in [2.75, 3.05) is 18.6 Å². The Balaban J connectivity index is 2.62. The molecule has 1 rings (SSSR count). The molecule has 5 nitrogen and oxygen atoms in total. The van der Waals surface area contributed by atoms with Crippen LogP contribution >= 0.6 is 0 Å². The summed E-state index contributed by atoms with van der Waals surface area (Å²) < 4.78 is 22.5. The quantitative estimate of drug-likeness (QED) is 0.778. The summed E-state index contributed by atoms with van der Waals surface area (Å²) in [5.74, 6) is -0.478. The van der Waals surface area contributed by atoms with E-state index in [1.807, 2.05) is 6.92 Å². The number of rotatable bonds is 4. The van der Waals surface area contributed by atoms with Gasteiger partial charge in [0.15, 0.2) is 0 Å². The summed E-state index contributed by atoms with van der Waals surface area (Å²) in [4.78, 5) is 12.8. The largest absolute Gasteiger partial charge is 0.480 e. The Bertz CT molecular complexity index is 338. The molecule has 1 heterocycles. The first-order chi connectivity index (χ1) is 7.37. The molecule has 1 fully saturated rings. The fourth-order valence-corrected chi connectivity index (χ4v) is 3.64. The Morgan fingerprint density at radius 2 is 1.94 bits per heavy atom. The highest BCUT2D eigenvalue weighted by Crippen LogP contribution is 2.19. The maximum absolute atomic E-state index is 11.3. The predicted octanol–water partition coefficient (Wildman–Crippen LogP) is 0.359. The number of carboxylic acid groups (broad SMARTS) is 1. The van der Waals surface area contributed by atoms with Crippen molar-refractivity contribution in [3.63, 3.8) is 0 Å². The molecule has 1 aliphatic heterocycles. The van der Waals surface area contributed by atoms with Crippen LogP contribution < -0.4 is 0 Å². The van der Waals surface area contributed by atoms with E-state index in [0.717, 1.165) is 0 Å². The molecule has 1 atom stereocenters. The lowest BCUT2D eigenvalue weighted by Gasteiger charge is -2.34. The van der Waals surface area contributed by atoms with Crippen molar-refractivity contribution in [2.24, 2.45) is 0 Å². The third kappa shape index (κ3) is 3.18. The summed E-state index contributed by atoms with van der Waals surface area (Å²) in [7, 11) is -1.11. The molecule has 6 heteroatoms. The van der Waals surface area contributed by atoms with Crippen LogP contribution in [0.3, 0.4) is 0 Å². The van der Waals surface area contributed by atoms with Gasteiger partial charge in [-0.15, -0.1) is 0 Å². The Labute approximate surface area is 96.4 Å². The summed E-state index contributed by atoms with van der Waals surface area (Å²) in [5, 5.41) is 9.02.